The van der Waals surface area contributed by atoms with Gasteiger partial charge in [0, 0.05) is 0 Å². The Balaban J connectivity index is 2.63. The molecule has 1 rings (SSSR count). The average Bonchev–Trinajstić information content (AvgIpc) is 2.56. The summed E-state index contributed by atoms with van der Waals surface area (Å²) in [5, 5.41) is 11.1. The minimum Gasteiger partial charge on any atom is -0.466 e. The van der Waals surface area contributed by atoms with E-state index in [1.807, 2.05) is 30.3 Å². The van der Waals surface area contributed by atoms with Gasteiger partial charge >= 0.3 is 5.97 Å². The molecule has 0 fully saturated rings. The van der Waals surface area contributed by atoms with Gasteiger partial charge in [0.05, 0.1) is 13.0 Å². The summed E-state index contributed by atoms with van der Waals surface area (Å²) in [5.41, 5.74) is -0.306. The van der Waals surface area contributed by atoms with Gasteiger partial charge in [-0.2, -0.15) is 0 Å². The van der Waals surface area contributed by atoms with Crippen molar-refractivity contribution in [1.82, 2.24) is 0 Å². The molecule has 1 aromatic rings. The van der Waals surface area contributed by atoms with E-state index >= 15 is 0 Å². The molecule has 0 heterocycles. The maximum Gasteiger partial charge on any atom is 0.309 e. The first kappa shape index (κ1) is 19.7. The monoisotopic (exact) mass is 320 g/mol. The SMILES string of the molecule is CCCCCCCC(O)(CC(=O)OCCCC)c1ccccc1. The molecule has 0 aliphatic carbocycles. The van der Waals surface area contributed by atoms with Crippen molar-refractivity contribution in [2.24, 2.45) is 0 Å². The van der Waals surface area contributed by atoms with Crippen LogP contribution in [0.3, 0.4) is 0 Å². The maximum atomic E-state index is 12.1. The third-order valence-corrected chi connectivity index (χ3v) is 4.20. The number of carbonyl (C=O) groups excluding carboxylic acids is 1. The van der Waals surface area contributed by atoms with Gasteiger partial charge in [-0.1, -0.05) is 82.7 Å². The molecular weight excluding hydrogens is 288 g/mol. The number of rotatable bonds is 12. The highest BCUT2D eigenvalue weighted by Gasteiger charge is 2.32. The first-order valence-electron chi connectivity index (χ1n) is 9.06. The summed E-state index contributed by atoms with van der Waals surface area (Å²) in [6.45, 7) is 4.69. The quantitative estimate of drug-likeness (QED) is 0.437. The molecule has 1 N–H and O–H groups in total. The third-order valence-electron chi connectivity index (χ3n) is 4.20. The van der Waals surface area contributed by atoms with E-state index in [1.165, 1.54) is 19.3 Å². The molecule has 0 bridgehead atoms. The molecule has 3 heteroatoms. The van der Waals surface area contributed by atoms with Crippen LogP contribution in [0.1, 0.15) is 77.2 Å². The summed E-state index contributed by atoms with van der Waals surface area (Å²) in [6, 6.07) is 9.51. The largest absolute Gasteiger partial charge is 0.466 e. The number of carbonyl (C=O) groups is 1. The summed E-state index contributed by atoms with van der Waals surface area (Å²) < 4.78 is 5.25. The van der Waals surface area contributed by atoms with Crippen LogP contribution in [0, 0.1) is 0 Å². The van der Waals surface area contributed by atoms with Crippen molar-refractivity contribution in [3.05, 3.63) is 35.9 Å². The second-order valence-corrected chi connectivity index (χ2v) is 6.31. The Morgan fingerprint density at radius 1 is 1.00 bits per heavy atom. The number of esters is 1. The van der Waals surface area contributed by atoms with Gasteiger partial charge < -0.3 is 9.84 Å². The molecule has 130 valence electrons. The van der Waals surface area contributed by atoms with E-state index in [-0.39, 0.29) is 12.4 Å². The van der Waals surface area contributed by atoms with Gasteiger partial charge in [0.1, 0.15) is 5.60 Å². The average molecular weight is 320 g/mol. The van der Waals surface area contributed by atoms with E-state index in [1.54, 1.807) is 0 Å². The van der Waals surface area contributed by atoms with E-state index in [0.717, 1.165) is 31.2 Å². The first-order chi connectivity index (χ1) is 11.1. The van der Waals surface area contributed by atoms with Gasteiger partial charge in [-0.15, -0.1) is 0 Å². The number of aliphatic hydroxyl groups is 1. The zero-order valence-corrected chi connectivity index (χ0v) is 14.7. The Hall–Kier alpha value is -1.35. The third kappa shape index (κ3) is 7.65. The van der Waals surface area contributed by atoms with Crippen LogP contribution in [0.5, 0.6) is 0 Å². The van der Waals surface area contributed by atoms with Crippen LogP contribution in [0.2, 0.25) is 0 Å². The Morgan fingerprint density at radius 2 is 1.65 bits per heavy atom. The van der Waals surface area contributed by atoms with E-state index in [2.05, 4.69) is 13.8 Å². The molecule has 0 saturated heterocycles. The predicted octanol–water partition coefficient (Wildman–Crippen LogP) is 4.97. The minimum atomic E-state index is -1.11. The molecule has 0 aliphatic heterocycles. The molecule has 1 unspecified atom stereocenters. The molecular formula is C20H32O3. The Morgan fingerprint density at radius 3 is 2.30 bits per heavy atom. The molecule has 0 spiro atoms. The van der Waals surface area contributed by atoms with Crippen LogP contribution in [0.15, 0.2) is 30.3 Å². The standard InChI is InChI=1S/C20H32O3/c1-3-5-7-8-12-15-20(22,18-13-10-9-11-14-18)17-19(21)23-16-6-4-2/h9-11,13-14,22H,3-8,12,15-17H2,1-2H3. The van der Waals surface area contributed by atoms with E-state index < -0.39 is 5.60 Å². The second-order valence-electron chi connectivity index (χ2n) is 6.31. The Kier molecular flexibility index (Phi) is 9.61. The van der Waals surface area contributed by atoms with E-state index in [9.17, 15) is 9.90 Å². The van der Waals surface area contributed by atoms with Crippen molar-refractivity contribution >= 4 is 5.97 Å². The van der Waals surface area contributed by atoms with Gasteiger partial charge in [-0.25, -0.2) is 0 Å². The predicted molar refractivity (Wildman–Crippen MR) is 94.2 cm³/mol. The zero-order chi connectivity index (χ0) is 17.0. The van der Waals surface area contributed by atoms with Crippen LogP contribution in [-0.2, 0) is 15.1 Å². The second kappa shape index (κ2) is 11.2. The lowest BCUT2D eigenvalue weighted by molar-refractivity contribution is -0.150. The molecule has 0 amide bonds. The fraction of sp³-hybridized carbons (Fsp3) is 0.650. The van der Waals surface area contributed by atoms with Crippen molar-refractivity contribution in [3.8, 4) is 0 Å². The molecule has 0 radical (unpaired) electrons. The summed E-state index contributed by atoms with van der Waals surface area (Å²) in [4.78, 5) is 12.1. The van der Waals surface area contributed by atoms with Crippen LogP contribution in [0.25, 0.3) is 0 Å². The molecule has 1 aromatic carbocycles. The molecule has 0 aromatic heterocycles. The lowest BCUT2D eigenvalue weighted by Gasteiger charge is -2.28. The molecule has 0 saturated carbocycles. The normalized spacial score (nSPS) is 13.5. The van der Waals surface area contributed by atoms with Crippen LogP contribution in [-0.4, -0.2) is 17.7 Å². The number of hydrogen-bond acceptors (Lipinski definition) is 3. The number of benzene rings is 1. The molecule has 3 nitrogen and oxygen atoms in total. The fourth-order valence-corrected chi connectivity index (χ4v) is 2.72. The van der Waals surface area contributed by atoms with Crippen molar-refractivity contribution in [3.63, 3.8) is 0 Å². The maximum absolute atomic E-state index is 12.1. The topological polar surface area (TPSA) is 46.5 Å². The van der Waals surface area contributed by atoms with Crippen LogP contribution < -0.4 is 0 Å². The summed E-state index contributed by atoms with van der Waals surface area (Å²) in [7, 11) is 0. The van der Waals surface area contributed by atoms with Gasteiger partial charge in [0.2, 0.25) is 0 Å². The lowest BCUT2D eigenvalue weighted by Crippen LogP contribution is -2.30. The highest BCUT2D eigenvalue weighted by molar-refractivity contribution is 5.71. The fourth-order valence-electron chi connectivity index (χ4n) is 2.72. The van der Waals surface area contributed by atoms with Gasteiger partial charge in [-0.3, -0.25) is 4.79 Å². The number of ether oxygens (including phenoxy) is 1. The first-order valence-corrected chi connectivity index (χ1v) is 9.06. The number of hydrogen-bond donors (Lipinski definition) is 1. The van der Waals surface area contributed by atoms with E-state index in [0.29, 0.717) is 13.0 Å². The smallest absolute Gasteiger partial charge is 0.309 e. The van der Waals surface area contributed by atoms with Crippen molar-refractivity contribution in [1.29, 1.82) is 0 Å². The Bertz CT molecular complexity index is 430. The van der Waals surface area contributed by atoms with Crippen LogP contribution in [0.4, 0.5) is 0 Å². The highest BCUT2D eigenvalue weighted by Crippen LogP contribution is 2.31. The van der Waals surface area contributed by atoms with Crippen molar-refractivity contribution < 1.29 is 14.6 Å². The van der Waals surface area contributed by atoms with Crippen LogP contribution >= 0.6 is 0 Å². The summed E-state index contributed by atoms with van der Waals surface area (Å²) >= 11 is 0. The van der Waals surface area contributed by atoms with Crippen molar-refractivity contribution in [2.45, 2.75) is 77.2 Å². The summed E-state index contributed by atoms with van der Waals surface area (Å²) in [5.74, 6) is -0.307. The molecule has 23 heavy (non-hydrogen) atoms. The van der Waals surface area contributed by atoms with E-state index in [4.69, 9.17) is 4.74 Å². The summed E-state index contributed by atoms with van der Waals surface area (Å²) in [6.07, 6.45) is 8.12. The molecule has 0 aliphatic rings. The highest BCUT2D eigenvalue weighted by atomic mass is 16.5. The lowest BCUT2D eigenvalue weighted by atomic mass is 9.85. The van der Waals surface area contributed by atoms with Gasteiger partial charge in [0.25, 0.3) is 0 Å². The molecule has 1 atom stereocenters. The minimum absolute atomic E-state index is 0.0362. The van der Waals surface area contributed by atoms with Gasteiger partial charge in [-0.05, 0) is 18.4 Å². The Labute approximate surface area is 141 Å². The van der Waals surface area contributed by atoms with Crippen molar-refractivity contribution in [2.75, 3.05) is 6.61 Å². The van der Waals surface area contributed by atoms with Gasteiger partial charge in [0.15, 0.2) is 0 Å². The number of unbranched alkanes of at least 4 members (excludes halogenated alkanes) is 5. The zero-order valence-electron chi connectivity index (χ0n) is 14.7.